The summed E-state index contributed by atoms with van der Waals surface area (Å²) < 4.78 is 1.97. The summed E-state index contributed by atoms with van der Waals surface area (Å²) in [5.41, 5.74) is 0.566. The van der Waals surface area contributed by atoms with Gasteiger partial charge in [0.25, 0.3) is 0 Å². The summed E-state index contributed by atoms with van der Waals surface area (Å²) in [7, 11) is 0. The number of nitrogens with one attached hydrogen (secondary N) is 1. The zero-order chi connectivity index (χ0) is 10.2. The number of hydrogen-bond acceptors (Lipinski definition) is 3. The van der Waals surface area contributed by atoms with E-state index in [2.05, 4.69) is 24.3 Å². The molecule has 1 fully saturated rings. The van der Waals surface area contributed by atoms with Gasteiger partial charge in [0.1, 0.15) is 0 Å². The average molecular weight is 195 g/mol. The third-order valence-electron chi connectivity index (χ3n) is 2.66. The number of aliphatic hydroxyl groups is 1. The topological polar surface area (TPSA) is 50.1 Å². The highest BCUT2D eigenvalue weighted by molar-refractivity contribution is 5.09. The van der Waals surface area contributed by atoms with Crippen LogP contribution in [0.1, 0.15) is 25.6 Å². The second-order valence-electron chi connectivity index (χ2n) is 4.37. The molecule has 0 amide bonds. The molecule has 0 radical (unpaired) electrons. The van der Waals surface area contributed by atoms with E-state index in [-0.39, 0.29) is 0 Å². The van der Waals surface area contributed by atoms with Crippen molar-refractivity contribution in [3.63, 3.8) is 0 Å². The van der Waals surface area contributed by atoms with Gasteiger partial charge < -0.3 is 10.4 Å². The fourth-order valence-corrected chi connectivity index (χ4v) is 1.82. The van der Waals surface area contributed by atoms with Gasteiger partial charge in [-0.3, -0.25) is 4.68 Å². The molecular formula is C10H17N3O. The van der Waals surface area contributed by atoms with Crippen molar-refractivity contribution in [2.45, 2.75) is 31.9 Å². The minimum absolute atomic E-state index is 0.358. The smallest absolute Gasteiger partial charge is 0.0950 e. The van der Waals surface area contributed by atoms with Crippen molar-refractivity contribution in [1.82, 2.24) is 15.1 Å². The van der Waals surface area contributed by atoms with Crippen molar-refractivity contribution >= 4 is 0 Å². The Labute approximate surface area is 83.9 Å². The van der Waals surface area contributed by atoms with Crippen LogP contribution >= 0.6 is 0 Å². The van der Waals surface area contributed by atoms with E-state index < -0.39 is 5.60 Å². The van der Waals surface area contributed by atoms with E-state index in [1.165, 1.54) is 0 Å². The van der Waals surface area contributed by atoms with Crippen LogP contribution in [0.5, 0.6) is 0 Å². The summed E-state index contributed by atoms with van der Waals surface area (Å²) in [6.07, 6.45) is 2.49. The zero-order valence-electron chi connectivity index (χ0n) is 8.70. The molecule has 1 saturated heterocycles. The highest BCUT2D eigenvalue weighted by Gasteiger charge is 2.35. The Hall–Kier alpha value is -0.870. The van der Waals surface area contributed by atoms with Gasteiger partial charge in [0.15, 0.2) is 0 Å². The molecule has 1 aliphatic rings. The maximum atomic E-state index is 9.98. The molecule has 0 atom stereocenters. The molecule has 2 rings (SSSR count). The lowest BCUT2D eigenvalue weighted by Gasteiger charge is -2.37. The molecule has 2 heterocycles. The molecule has 0 aromatic carbocycles. The van der Waals surface area contributed by atoms with Crippen LogP contribution in [-0.2, 0) is 6.42 Å². The Balaban J connectivity index is 2.12. The lowest BCUT2D eigenvalue weighted by molar-refractivity contribution is -0.0108. The van der Waals surface area contributed by atoms with Gasteiger partial charge in [-0.25, -0.2) is 0 Å². The molecule has 4 nitrogen and oxygen atoms in total. The highest BCUT2D eigenvalue weighted by atomic mass is 16.3. The first-order chi connectivity index (χ1) is 6.61. The average Bonchev–Trinajstić information content (AvgIpc) is 2.49. The minimum Gasteiger partial charge on any atom is -0.387 e. The monoisotopic (exact) mass is 195 g/mol. The molecule has 2 N–H and O–H groups in total. The Morgan fingerprint density at radius 3 is 2.86 bits per heavy atom. The summed E-state index contributed by atoms with van der Waals surface area (Å²) in [4.78, 5) is 0. The lowest BCUT2D eigenvalue weighted by Crippen LogP contribution is -2.60. The number of hydrogen-bond donors (Lipinski definition) is 2. The summed E-state index contributed by atoms with van der Waals surface area (Å²) in [6, 6.07) is 2.34. The van der Waals surface area contributed by atoms with E-state index in [9.17, 15) is 5.11 Å². The Bertz CT molecular complexity index is 315. The van der Waals surface area contributed by atoms with Crippen LogP contribution in [0.3, 0.4) is 0 Å². The summed E-state index contributed by atoms with van der Waals surface area (Å²) in [5.74, 6) is 0. The van der Waals surface area contributed by atoms with Crippen molar-refractivity contribution in [3.8, 4) is 0 Å². The van der Waals surface area contributed by atoms with Gasteiger partial charge in [-0.2, -0.15) is 5.10 Å². The standard InChI is InChI=1S/C10H17N3O/c1-8(2)13-9(3-4-12-13)5-10(14)6-11-7-10/h3-4,8,11,14H,5-7H2,1-2H3. The van der Waals surface area contributed by atoms with Gasteiger partial charge >= 0.3 is 0 Å². The van der Waals surface area contributed by atoms with Crippen molar-refractivity contribution in [2.75, 3.05) is 13.1 Å². The minimum atomic E-state index is -0.549. The van der Waals surface area contributed by atoms with E-state index in [0.717, 1.165) is 5.69 Å². The Kier molecular flexibility index (Phi) is 2.33. The lowest BCUT2D eigenvalue weighted by atomic mass is 9.91. The van der Waals surface area contributed by atoms with E-state index in [0.29, 0.717) is 25.6 Å². The van der Waals surface area contributed by atoms with Gasteiger partial charge in [0, 0.05) is 37.4 Å². The summed E-state index contributed by atoms with van der Waals surface area (Å²) in [5, 5.41) is 17.3. The van der Waals surface area contributed by atoms with Crippen LogP contribution in [0.4, 0.5) is 0 Å². The predicted molar refractivity (Wildman–Crippen MR) is 54.1 cm³/mol. The van der Waals surface area contributed by atoms with Gasteiger partial charge in [-0.05, 0) is 19.9 Å². The van der Waals surface area contributed by atoms with E-state index >= 15 is 0 Å². The molecule has 0 bridgehead atoms. The second-order valence-corrected chi connectivity index (χ2v) is 4.37. The molecule has 4 heteroatoms. The highest BCUT2D eigenvalue weighted by Crippen LogP contribution is 2.19. The van der Waals surface area contributed by atoms with Crippen LogP contribution in [0, 0.1) is 0 Å². The fourth-order valence-electron chi connectivity index (χ4n) is 1.82. The summed E-state index contributed by atoms with van der Waals surface area (Å²) in [6.45, 7) is 5.58. The molecule has 78 valence electrons. The van der Waals surface area contributed by atoms with Crippen LogP contribution in [0.2, 0.25) is 0 Å². The van der Waals surface area contributed by atoms with E-state index in [1.54, 1.807) is 6.20 Å². The molecule has 1 aromatic heterocycles. The van der Waals surface area contributed by atoms with Crippen molar-refractivity contribution in [1.29, 1.82) is 0 Å². The number of nitrogens with zero attached hydrogens (tertiary/aromatic N) is 2. The molecule has 1 aliphatic heterocycles. The van der Waals surface area contributed by atoms with Gasteiger partial charge in [-0.1, -0.05) is 0 Å². The molecule has 0 spiro atoms. The van der Waals surface area contributed by atoms with Gasteiger partial charge in [0.2, 0.25) is 0 Å². The molecule has 0 unspecified atom stereocenters. The second kappa shape index (κ2) is 3.37. The molecule has 0 aliphatic carbocycles. The first kappa shape index (κ1) is 9.68. The maximum absolute atomic E-state index is 9.98. The number of β-amino-alcohol motifs (C(OH)–C–C–N with tert-alkyl or cyclic N) is 1. The molecule has 1 aromatic rings. The normalized spacial score (nSPS) is 19.7. The van der Waals surface area contributed by atoms with Gasteiger partial charge in [-0.15, -0.1) is 0 Å². The molecular weight excluding hydrogens is 178 g/mol. The fraction of sp³-hybridized carbons (Fsp3) is 0.700. The number of aromatic nitrogens is 2. The zero-order valence-corrected chi connectivity index (χ0v) is 8.70. The van der Waals surface area contributed by atoms with Gasteiger partial charge in [0.05, 0.1) is 5.60 Å². The summed E-state index contributed by atoms with van der Waals surface area (Å²) >= 11 is 0. The first-order valence-corrected chi connectivity index (χ1v) is 5.06. The molecule has 14 heavy (non-hydrogen) atoms. The Morgan fingerprint density at radius 2 is 2.36 bits per heavy atom. The largest absolute Gasteiger partial charge is 0.387 e. The van der Waals surface area contributed by atoms with Crippen LogP contribution in [-0.4, -0.2) is 33.6 Å². The van der Waals surface area contributed by atoms with Crippen molar-refractivity contribution in [2.24, 2.45) is 0 Å². The SMILES string of the molecule is CC(C)n1nccc1CC1(O)CNC1. The first-order valence-electron chi connectivity index (χ1n) is 5.06. The molecule has 0 saturated carbocycles. The van der Waals surface area contributed by atoms with E-state index in [4.69, 9.17) is 0 Å². The quantitative estimate of drug-likeness (QED) is 0.731. The van der Waals surface area contributed by atoms with Crippen molar-refractivity contribution in [3.05, 3.63) is 18.0 Å². The van der Waals surface area contributed by atoms with Crippen LogP contribution in [0.25, 0.3) is 0 Å². The van der Waals surface area contributed by atoms with Crippen LogP contribution in [0.15, 0.2) is 12.3 Å². The third-order valence-corrected chi connectivity index (χ3v) is 2.66. The van der Waals surface area contributed by atoms with Crippen LogP contribution < -0.4 is 5.32 Å². The van der Waals surface area contributed by atoms with E-state index in [1.807, 2.05) is 10.7 Å². The maximum Gasteiger partial charge on any atom is 0.0950 e. The Morgan fingerprint density at radius 1 is 1.64 bits per heavy atom. The third kappa shape index (κ3) is 1.67. The predicted octanol–water partition coefficient (Wildman–Crippen LogP) is 0.341. The van der Waals surface area contributed by atoms with Crippen molar-refractivity contribution < 1.29 is 5.11 Å². The number of rotatable bonds is 3.